The Morgan fingerprint density at radius 1 is 1.16 bits per heavy atom. The lowest BCUT2D eigenvalue weighted by Gasteiger charge is -2.13. The van der Waals surface area contributed by atoms with Gasteiger partial charge in [-0.15, -0.1) is 13.2 Å². The molecule has 1 aromatic heterocycles. The van der Waals surface area contributed by atoms with E-state index < -0.39 is 29.4 Å². The maximum Gasteiger partial charge on any atom is 0.573 e. The van der Waals surface area contributed by atoms with Crippen LogP contribution in [0.1, 0.15) is 23.5 Å². The summed E-state index contributed by atoms with van der Waals surface area (Å²) in [5.41, 5.74) is 0.347. The van der Waals surface area contributed by atoms with Crippen LogP contribution in [0.15, 0.2) is 53.5 Å². The second kappa shape index (κ2) is 7.47. The Labute approximate surface area is 173 Å². The second-order valence-corrected chi connectivity index (χ2v) is 7.04. The first-order chi connectivity index (χ1) is 14.7. The van der Waals surface area contributed by atoms with Crippen LogP contribution < -0.4 is 10.3 Å². The molecule has 3 aromatic rings. The van der Waals surface area contributed by atoms with Crippen LogP contribution in [0.4, 0.5) is 17.6 Å². The van der Waals surface area contributed by atoms with Crippen molar-refractivity contribution in [1.82, 2.24) is 4.57 Å². The maximum atomic E-state index is 14.9. The minimum absolute atomic E-state index is 0.155. The zero-order valence-corrected chi connectivity index (χ0v) is 15.8. The Kier molecular flexibility index (Phi) is 4.93. The topological polar surface area (TPSA) is 75.2 Å². The van der Waals surface area contributed by atoms with Gasteiger partial charge >= 0.3 is 6.36 Å². The molecule has 0 radical (unpaired) electrons. The van der Waals surface area contributed by atoms with E-state index in [9.17, 15) is 32.7 Å². The van der Waals surface area contributed by atoms with Crippen LogP contribution in [0.3, 0.4) is 0 Å². The number of ether oxygens (including phenoxy) is 1. The van der Waals surface area contributed by atoms with E-state index in [2.05, 4.69) is 4.74 Å². The molecule has 1 atom stereocenters. The molecule has 1 heterocycles. The lowest BCUT2D eigenvalue weighted by Crippen LogP contribution is -2.23. The van der Waals surface area contributed by atoms with E-state index in [0.29, 0.717) is 18.4 Å². The van der Waals surface area contributed by atoms with Crippen molar-refractivity contribution >= 4 is 0 Å². The highest BCUT2D eigenvalue weighted by Crippen LogP contribution is 2.36. The summed E-state index contributed by atoms with van der Waals surface area (Å²) in [6.45, 7) is 0. The minimum Gasteiger partial charge on any atom is -0.506 e. The summed E-state index contributed by atoms with van der Waals surface area (Å²) in [7, 11) is 0. The average Bonchev–Trinajstić information content (AvgIpc) is 3.15. The molecule has 0 spiro atoms. The predicted molar refractivity (Wildman–Crippen MR) is 102 cm³/mol. The molecule has 5 nitrogen and oxygen atoms in total. The van der Waals surface area contributed by atoms with Crippen molar-refractivity contribution in [3.05, 3.63) is 76.0 Å². The van der Waals surface area contributed by atoms with Gasteiger partial charge in [-0.1, -0.05) is 18.2 Å². The average molecular weight is 430 g/mol. The van der Waals surface area contributed by atoms with Crippen LogP contribution in [0, 0.1) is 17.1 Å². The molecule has 0 aliphatic heterocycles. The Bertz CT molecular complexity index is 1280. The lowest BCUT2D eigenvalue weighted by atomic mass is 10.0. The molecule has 158 valence electrons. The summed E-state index contributed by atoms with van der Waals surface area (Å²) in [4.78, 5) is 12.9. The third-order valence-corrected chi connectivity index (χ3v) is 5.13. The van der Waals surface area contributed by atoms with Gasteiger partial charge in [0, 0.05) is 11.1 Å². The number of rotatable bonds is 3. The van der Waals surface area contributed by atoms with Gasteiger partial charge < -0.3 is 9.84 Å². The van der Waals surface area contributed by atoms with Crippen LogP contribution in [0.25, 0.3) is 16.8 Å². The monoisotopic (exact) mass is 430 g/mol. The van der Waals surface area contributed by atoms with Gasteiger partial charge in [-0.05, 0) is 48.2 Å². The fourth-order valence-electron chi connectivity index (χ4n) is 3.77. The normalized spacial score (nSPS) is 15.4. The van der Waals surface area contributed by atoms with Gasteiger partial charge in [-0.3, -0.25) is 9.36 Å². The van der Waals surface area contributed by atoms with Crippen LogP contribution in [0.5, 0.6) is 11.5 Å². The predicted octanol–water partition coefficient (Wildman–Crippen LogP) is 4.80. The summed E-state index contributed by atoms with van der Waals surface area (Å²) >= 11 is 0. The lowest BCUT2D eigenvalue weighted by molar-refractivity contribution is -0.274. The third kappa shape index (κ3) is 3.84. The molecule has 0 saturated heterocycles. The molecule has 1 unspecified atom stereocenters. The smallest absolute Gasteiger partial charge is 0.506 e. The third-order valence-electron chi connectivity index (χ3n) is 5.13. The van der Waals surface area contributed by atoms with Gasteiger partial charge in [0.25, 0.3) is 5.56 Å². The standard InChI is InChI=1S/C22H14F4N2O3/c23-17-9-13(12-2-1-3-15(8-12)31-22(24,25)26)5-7-18(17)28-11-19(29)16-6-4-14(10-27)20(16)21(28)30/h1-3,5,7-9,11,14,29H,4,6H2. The Balaban J connectivity index is 1.75. The van der Waals surface area contributed by atoms with E-state index in [1.807, 2.05) is 6.07 Å². The zero-order chi connectivity index (χ0) is 22.3. The van der Waals surface area contributed by atoms with E-state index >= 15 is 0 Å². The molecule has 2 aromatic carbocycles. The van der Waals surface area contributed by atoms with Gasteiger partial charge in [-0.2, -0.15) is 5.26 Å². The first kappa shape index (κ1) is 20.5. The van der Waals surface area contributed by atoms with Gasteiger partial charge in [0.1, 0.15) is 17.3 Å². The van der Waals surface area contributed by atoms with Crippen LogP contribution in [-0.4, -0.2) is 16.0 Å². The Morgan fingerprint density at radius 2 is 1.90 bits per heavy atom. The van der Waals surface area contributed by atoms with Crippen molar-refractivity contribution in [3.63, 3.8) is 0 Å². The van der Waals surface area contributed by atoms with Gasteiger partial charge in [0.05, 0.1) is 23.9 Å². The van der Waals surface area contributed by atoms with Crippen molar-refractivity contribution in [1.29, 1.82) is 5.26 Å². The van der Waals surface area contributed by atoms with E-state index in [1.54, 1.807) is 0 Å². The highest BCUT2D eigenvalue weighted by atomic mass is 19.4. The fourth-order valence-corrected chi connectivity index (χ4v) is 3.77. The molecular formula is C22H14F4N2O3. The first-order valence-electron chi connectivity index (χ1n) is 9.21. The van der Waals surface area contributed by atoms with Crippen molar-refractivity contribution in [3.8, 4) is 34.4 Å². The molecular weight excluding hydrogens is 416 g/mol. The molecule has 0 bridgehead atoms. The summed E-state index contributed by atoms with van der Waals surface area (Å²) in [6.07, 6.45) is -2.97. The number of aromatic nitrogens is 1. The van der Waals surface area contributed by atoms with Crippen molar-refractivity contribution < 1.29 is 27.4 Å². The minimum atomic E-state index is -4.86. The summed E-state index contributed by atoms with van der Waals surface area (Å²) in [5, 5.41) is 19.5. The number of hydrogen-bond acceptors (Lipinski definition) is 4. The van der Waals surface area contributed by atoms with E-state index in [1.165, 1.54) is 24.3 Å². The molecule has 0 saturated carbocycles. The number of nitriles is 1. The van der Waals surface area contributed by atoms with E-state index in [0.717, 1.165) is 29.0 Å². The molecule has 9 heteroatoms. The van der Waals surface area contributed by atoms with Crippen molar-refractivity contribution in [2.24, 2.45) is 0 Å². The van der Waals surface area contributed by atoms with Crippen LogP contribution in [-0.2, 0) is 6.42 Å². The molecule has 1 aliphatic carbocycles. The SMILES string of the molecule is N#CC1CCc2c(O)cn(-c3ccc(-c4cccc(OC(F)(F)F)c4)cc3F)c(=O)c21. The fraction of sp³-hybridized carbons (Fsp3) is 0.182. The number of fused-ring (bicyclic) bond motifs is 1. The van der Waals surface area contributed by atoms with Gasteiger partial charge in [-0.25, -0.2) is 4.39 Å². The summed E-state index contributed by atoms with van der Waals surface area (Å²) < 4.78 is 57.1. The molecule has 1 aliphatic rings. The van der Waals surface area contributed by atoms with Gasteiger partial charge in [0.2, 0.25) is 0 Å². The molecule has 31 heavy (non-hydrogen) atoms. The second-order valence-electron chi connectivity index (χ2n) is 7.04. The highest BCUT2D eigenvalue weighted by molar-refractivity contribution is 5.66. The molecule has 1 N–H and O–H groups in total. The zero-order valence-electron chi connectivity index (χ0n) is 15.8. The van der Waals surface area contributed by atoms with Crippen molar-refractivity contribution in [2.45, 2.75) is 25.1 Å². The summed E-state index contributed by atoms with van der Waals surface area (Å²) in [5.74, 6) is -2.16. The number of benzene rings is 2. The summed E-state index contributed by atoms with van der Waals surface area (Å²) in [6, 6.07) is 10.9. The largest absolute Gasteiger partial charge is 0.573 e. The molecule has 0 amide bonds. The number of halogens is 4. The number of aromatic hydroxyl groups is 1. The molecule has 4 rings (SSSR count). The number of nitrogens with zero attached hydrogens (tertiary/aromatic N) is 2. The quantitative estimate of drug-likeness (QED) is 0.606. The first-order valence-corrected chi connectivity index (χ1v) is 9.21. The number of pyridine rings is 1. The highest BCUT2D eigenvalue weighted by Gasteiger charge is 2.31. The Hall–Kier alpha value is -3.80. The van der Waals surface area contributed by atoms with Crippen LogP contribution in [0.2, 0.25) is 0 Å². The Morgan fingerprint density at radius 3 is 2.58 bits per heavy atom. The molecule has 0 fully saturated rings. The van der Waals surface area contributed by atoms with E-state index in [4.69, 9.17) is 0 Å². The number of hydrogen-bond donors (Lipinski definition) is 1. The van der Waals surface area contributed by atoms with Crippen molar-refractivity contribution in [2.75, 3.05) is 0 Å². The maximum absolute atomic E-state index is 14.9. The van der Waals surface area contributed by atoms with Gasteiger partial charge in [0.15, 0.2) is 0 Å². The van der Waals surface area contributed by atoms with E-state index in [-0.39, 0.29) is 28.1 Å². The van der Waals surface area contributed by atoms with Crippen LogP contribution >= 0.6 is 0 Å². The number of alkyl halides is 3.